The number of rotatable bonds is 21. The van der Waals surface area contributed by atoms with Crippen molar-refractivity contribution >= 4 is 69.1 Å². The molecule has 5 atom stereocenters. The second-order valence-electron chi connectivity index (χ2n) is 22.3. The summed E-state index contributed by atoms with van der Waals surface area (Å²) in [5.74, 6) is -0.0853. The number of ketones is 1. The van der Waals surface area contributed by atoms with Gasteiger partial charge in [-0.2, -0.15) is 4.68 Å². The molecule has 3 saturated heterocycles. The summed E-state index contributed by atoms with van der Waals surface area (Å²) in [5, 5.41) is 11.7. The van der Waals surface area contributed by atoms with E-state index in [2.05, 4.69) is 31.9 Å². The minimum atomic E-state index is -0.732. The van der Waals surface area contributed by atoms with Gasteiger partial charge in [0.15, 0.2) is 0 Å². The topological polar surface area (TPSA) is 196 Å². The number of aromatic nitrogens is 3. The molecule has 1 unspecified atom stereocenters. The number of aliphatic imine (C=N–C) groups is 1. The Morgan fingerprint density at radius 2 is 1.58 bits per heavy atom. The molecule has 4 N–H and O–H groups in total. The number of fused-ring (bicyclic) bond motifs is 8. The van der Waals surface area contributed by atoms with Gasteiger partial charge in [-0.1, -0.05) is 51.0 Å². The van der Waals surface area contributed by atoms with E-state index < -0.39 is 17.9 Å². The molecule has 0 radical (unpaired) electrons. The first-order valence-electron chi connectivity index (χ1n) is 28.9. The zero-order valence-corrected chi connectivity index (χ0v) is 47.8. The lowest BCUT2D eigenvalue weighted by molar-refractivity contribution is -0.139. The molecule has 2 aromatic carbocycles. The molecular formula is C61H76F2N12O5S. The highest BCUT2D eigenvalue weighted by Crippen LogP contribution is 2.44. The van der Waals surface area contributed by atoms with E-state index in [1.54, 1.807) is 66.8 Å². The number of nitrogen functional groups attached to an aromatic ring is 1. The van der Waals surface area contributed by atoms with Crippen LogP contribution >= 0.6 is 11.8 Å². The van der Waals surface area contributed by atoms with E-state index in [0.717, 1.165) is 74.0 Å². The van der Waals surface area contributed by atoms with E-state index in [1.165, 1.54) is 24.3 Å². The van der Waals surface area contributed by atoms with Crippen molar-refractivity contribution < 1.29 is 32.8 Å². The Kier molecular flexibility index (Phi) is 19.4. The van der Waals surface area contributed by atoms with Gasteiger partial charge in [-0.15, -0.1) is 11.8 Å². The maximum atomic E-state index is 14.8. The highest BCUT2D eigenvalue weighted by Gasteiger charge is 2.43. The molecule has 81 heavy (non-hydrogen) atoms. The van der Waals surface area contributed by atoms with Gasteiger partial charge in [0.1, 0.15) is 29.3 Å². The predicted molar refractivity (Wildman–Crippen MR) is 312 cm³/mol. The standard InChI is InChI=1S/C61H76F2N12O5S/c1-38(40-20-22-43(62)23-21-40)48-37-81-59(68-48)50-18-14-29-74(50)61(80)55(69-58(78)39(2)65-3)41-26-31-72(32-27-41)53(77)19-11-9-7-6-8-10-15-45(76)16-12-30-75-52-36-71(5)60(79)46-25-24-44(63)34-47(46)49-17-13-28-73(49)51-33-42(35-67-56(51)64)54(52)57(66-4)70-75/h20-25,33-35,39,41,48-50,55,65H,1,6-19,26-32,36-37H2,2-3,5H3,(H2,64,67)(H,69,78)/t39-,48?,49-,50-,55-/m1/s1. The molecular weight excluding hydrogens is 1050 g/mol. The fourth-order valence-corrected chi connectivity index (χ4v) is 13.5. The number of nitrogens with two attached hydrogens (primary N) is 1. The number of anilines is 2. The van der Waals surface area contributed by atoms with E-state index in [0.29, 0.717) is 123 Å². The number of Topliss-reactive ketones (excluding diaryl/α,β-unsaturated/α-hetero) is 1. The third-order valence-electron chi connectivity index (χ3n) is 17.0. The van der Waals surface area contributed by atoms with Crippen LogP contribution in [0.15, 0.2) is 66.3 Å². The molecule has 5 aliphatic rings. The third-order valence-corrected chi connectivity index (χ3v) is 18.2. The van der Waals surface area contributed by atoms with Crippen LogP contribution in [0.1, 0.15) is 143 Å². The van der Waals surface area contributed by atoms with Gasteiger partial charge in [-0.05, 0) is 141 Å². The summed E-state index contributed by atoms with van der Waals surface area (Å²) < 4.78 is 30.2. The van der Waals surface area contributed by atoms with Gasteiger partial charge < -0.3 is 40.8 Å². The number of carbonyl (C=O) groups excluding carboxylic acids is 5. The number of halogens is 2. The van der Waals surface area contributed by atoms with E-state index in [4.69, 9.17) is 22.4 Å². The molecule has 3 fully saturated rings. The number of amides is 4. The van der Waals surface area contributed by atoms with Gasteiger partial charge in [0.2, 0.25) is 17.7 Å². The van der Waals surface area contributed by atoms with Gasteiger partial charge in [0.25, 0.3) is 5.91 Å². The smallest absolute Gasteiger partial charge is 0.303 e. The SMILES string of the molecule is [C-]#[N+]c1nn(CCCC(=O)CCCCCCCCC(=O)N2CCC([C@@H](NC(=O)[C@@H](C)NC)C(=O)N3CCC[C@@H]3C3=NC(C(=C)c4ccc(F)cc4)CS3)CC2)c2c1-c1cnc(N)c(c1)N1CCC[C@@H]1c1cc(F)ccc1C(=O)N(C)C2. The normalized spacial score (nSPS) is 19.9. The van der Waals surface area contributed by atoms with Crippen LogP contribution in [0, 0.1) is 24.1 Å². The number of aryl methyl sites for hydroxylation is 1. The molecule has 7 heterocycles. The van der Waals surface area contributed by atoms with Crippen LogP contribution in [0.5, 0.6) is 0 Å². The minimum absolute atomic E-state index is 0.104. The molecule has 430 valence electrons. The number of unbranched alkanes of at least 4 members (excludes halogenated alkanes) is 5. The average Bonchev–Trinajstić information content (AvgIpc) is 4.36. The Morgan fingerprint density at radius 3 is 2.32 bits per heavy atom. The highest BCUT2D eigenvalue weighted by molar-refractivity contribution is 8.14. The third kappa shape index (κ3) is 13.5. The summed E-state index contributed by atoms with van der Waals surface area (Å²) in [6.07, 6.45) is 13.0. The second-order valence-corrected chi connectivity index (χ2v) is 23.4. The fourth-order valence-electron chi connectivity index (χ4n) is 12.3. The first kappa shape index (κ1) is 58.7. The number of hydrogen-bond donors (Lipinski definition) is 3. The maximum absolute atomic E-state index is 14.8. The van der Waals surface area contributed by atoms with Crippen molar-refractivity contribution in [3.8, 4) is 11.1 Å². The number of pyridine rings is 1. The number of nitrogens with zero attached hydrogens (tertiary/aromatic N) is 9. The first-order chi connectivity index (χ1) is 39.1. The Labute approximate surface area is 478 Å². The largest absolute Gasteiger partial charge is 0.382 e. The summed E-state index contributed by atoms with van der Waals surface area (Å²) in [7, 11) is 3.40. The first-order valence-corrected chi connectivity index (χ1v) is 29.9. The quantitative estimate of drug-likeness (QED) is 0.0531. The number of likely N-dealkylation sites (N-methyl/N-ethyl adjacent to an activating group) is 1. The number of hydrogen-bond acceptors (Lipinski definition) is 12. The highest BCUT2D eigenvalue weighted by atomic mass is 32.2. The van der Waals surface area contributed by atoms with Crippen molar-refractivity contribution in [3.05, 3.63) is 107 Å². The Balaban J connectivity index is 0.711. The van der Waals surface area contributed by atoms with Crippen LogP contribution in [-0.2, 0) is 32.3 Å². The molecule has 2 bridgehead atoms. The average molecular weight is 1130 g/mol. The second kappa shape index (κ2) is 26.7. The lowest BCUT2D eigenvalue weighted by atomic mass is 9.87. The van der Waals surface area contributed by atoms with Crippen molar-refractivity contribution in [1.82, 2.24) is 40.1 Å². The molecule has 4 aromatic rings. The van der Waals surface area contributed by atoms with Gasteiger partial charge in [0, 0.05) is 75.6 Å². The van der Waals surface area contributed by atoms with Crippen LogP contribution in [-0.4, -0.2) is 134 Å². The number of thioether (sulfide) groups is 1. The van der Waals surface area contributed by atoms with Gasteiger partial charge >= 0.3 is 5.82 Å². The molecule has 9 rings (SSSR count). The van der Waals surface area contributed by atoms with Crippen molar-refractivity contribution in [2.45, 2.75) is 153 Å². The molecule has 20 heteroatoms. The van der Waals surface area contributed by atoms with Crippen molar-refractivity contribution in [2.24, 2.45) is 10.9 Å². The summed E-state index contributed by atoms with van der Waals surface area (Å²) in [4.78, 5) is 89.5. The Morgan fingerprint density at radius 1 is 0.889 bits per heavy atom. The zero-order valence-electron chi connectivity index (χ0n) is 46.9. The number of carbonyl (C=O) groups is 5. The minimum Gasteiger partial charge on any atom is -0.382 e. The lowest BCUT2D eigenvalue weighted by Gasteiger charge is -2.38. The van der Waals surface area contributed by atoms with Crippen LogP contribution in [0.25, 0.3) is 21.5 Å². The molecule has 0 aliphatic carbocycles. The van der Waals surface area contributed by atoms with Crippen molar-refractivity contribution in [1.29, 1.82) is 0 Å². The van der Waals surface area contributed by atoms with Gasteiger partial charge in [0.05, 0.1) is 53.7 Å². The summed E-state index contributed by atoms with van der Waals surface area (Å²) in [6.45, 7) is 16.8. The van der Waals surface area contributed by atoms with Crippen LogP contribution in [0.3, 0.4) is 0 Å². The molecule has 2 aromatic heterocycles. The molecule has 17 nitrogen and oxygen atoms in total. The van der Waals surface area contributed by atoms with E-state index in [-0.39, 0.29) is 71.6 Å². The van der Waals surface area contributed by atoms with E-state index in [1.807, 2.05) is 15.9 Å². The Bertz CT molecular complexity index is 3060. The zero-order chi connectivity index (χ0) is 57.3. The van der Waals surface area contributed by atoms with Crippen LogP contribution in [0.2, 0.25) is 0 Å². The lowest BCUT2D eigenvalue weighted by Crippen LogP contribution is -2.58. The maximum Gasteiger partial charge on any atom is 0.303 e. The molecule has 5 aliphatic heterocycles. The Hall–Kier alpha value is -6.98. The fraction of sp³-hybridized carbons (Fsp3) is 0.525. The van der Waals surface area contributed by atoms with Crippen molar-refractivity contribution in [3.63, 3.8) is 0 Å². The summed E-state index contributed by atoms with van der Waals surface area (Å²) in [5.41, 5.74) is 11.6. The van der Waals surface area contributed by atoms with E-state index in [9.17, 15) is 32.8 Å². The number of likely N-dealkylation sites (tertiary alicyclic amines) is 2. The van der Waals surface area contributed by atoms with Gasteiger partial charge in [-0.25, -0.2) is 13.8 Å². The summed E-state index contributed by atoms with van der Waals surface area (Å²) >= 11 is 1.63. The van der Waals surface area contributed by atoms with Crippen LogP contribution in [0.4, 0.5) is 26.1 Å². The monoisotopic (exact) mass is 1130 g/mol. The van der Waals surface area contributed by atoms with Crippen LogP contribution < -0.4 is 21.3 Å². The van der Waals surface area contributed by atoms with Gasteiger partial charge in [-0.3, -0.25) is 29.0 Å². The molecule has 0 spiro atoms. The molecule has 4 amide bonds. The number of benzene rings is 2. The number of piperidine rings is 1. The molecule has 0 saturated carbocycles. The number of nitrogens with one attached hydrogen (secondary N) is 2. The van der Waals surface area contributed by atoms with Crippen molar-refractivity contribution in [2.75, 3.05) is 56.7 Å². The summed E-state index contributed by atoms with van der Waals surface area (Å²) in [6, 6.07) is 10.6. The van der Waals surface area contributed by atoms with E-state index >= 15 is 0 Å². The predicted octanol–water partition coefficient (Wildman–Crippen LogP) is 9.30.